The van der Waals surface area contributed by atoms with E-state index in [1.54, 1.807) is 0 Å². The molecule has 2 aliphatic heterocycles. The number of aromatic nitrogens is 1. The second-order valence-electron chi connectivity index (χ2n) is 7.89. The number of rotatable bonds is 2. The second kappa shape index (κ2) is 7.23. The number of piperidine rings is 1. The molecule has 0 amide bonds. The van der Waals surface area contributed by atoms with Gasteiger partial charge in [-0.1, -0.05) is 18.3 Å². The Morgan fingerprint density at radius 1 is 1.08 bits per heavy atom. The van der Waals surface area contributed by atoms with E-state index in [9.17, 15) is 0 Å². The number of nitrogens with zero attached hydrogens (tertiary/aromatic N) is 3. The summed E-state index contributed by atoms with van der Waals surface area (Å²) in [5.41, 5.74) is 2.40. The highest BCUT2D eigenvalue weighted by atomic mass is 15.2. The van der Waals surface area contributed by atoms with Crippen LogP contribution in [0.3, 0.4) is 0 Å². The fourth-order valence-corrected chi connectivity index (χ4v) is 4.44. The van der Waals surface area contributed by atoms with Gasteiger partial charge in [0.25, 0.3) is 0 Å². The van der Waals surface area contributed by atoms with E-state index in [4.69, 9.17) is 0 Å². The van der Waals surface area contributed by atoms with Crippen LogP contribution < -0.4 is 0 Å². The zero-order valence-corrected chi connectivity index (χ0v) is 15.5. The van der Waals surface area contributed by atoms with Gasteiger partial charge in [-0.2, -0.15) is 0 Å². The molecule has 4 rings (SSSR count). The molecule has 2 saturated heterocycles. The van der Waals surface area contributed by atoms with Crippen LogP contribution in [0.15, 0.2) is 30.5 Å². The highest BCUT2D eigenvalue weighted by Gasteiger charge is 2.29. The van der Waals surface area contributed by atoms with Gasteiger partial charge in [-0.15, -0.1) is 0 Å². The summed E-state index contributed by atoms with van der Waals surface area (Å²) in [6, 6.07) is 9.10. The molecule has 3 heterocycles. The van der Waals surface area contributed by atoms with Gasteiger partial charge in [0.05, 0.1) is 6.04 Å². The highest BCUT2D eigenvalue weighted by molar-refractivity contribution is 5.81. The molecule has 25 heavy (non-hydrogen) atoms. The lowest BCUT2D eigenvalue weighted by atomic mass is 10.0. The van der Waals surface area contributed by atoms with Crippen molar-refractivity contribution in [1.29, 1.82) is 0 Å². The average molecular weight is 335 g/mol. The van der Waals surface area contributed by atoms with Gasteiger partial charge in [0.2, 0.25) is 0 Å². The first-order chi connectivity index (χ1) is 12.2. The standard InChI is InChI=1S/C22H29N3/c1-23-13-10-20-14-18(7-9-22(20)23)6-8-21-15-19(16-24(21)2)17-25-11-4-3-5-12-25/h7,9-10,13-14,19,21H,3-5,11-12,15-17H2,1-2H3. The second-order valence-corrected chi connectivity index (χ2v) is 7.89. The van der Waals surface area contributed by atoms with E-state index in [0.717, 1.165) is 11.5 Å². The van der Waals surface area contributed by atoms with Gasteiger partial charge in [-0.3, -0.25) is 4.90 Å². The molecule has 0 N–H and O–H groups in total. The van der Waals surface area contributed by atoms with Crippen molar-refractivity contribution in [3.8, 4) is 11.8 Å². The first kappa shape index (κ1) is 16.7. The topological polar surface area (TPSA) is 11.4 Å². The van der Waals surface area contributed by atoms with Crippen molar-refractivity contribution < 1.29 is 0 Å². The Balaban J connectivity index is 1.40. The van der Waals surface area contributed by atoms with E-state index in [-0.39, 0.29) is 0 Å². The third-order valence-electron chi connectivity index (χ3n) is 5.87. The molecule has 2 aliphatic rings. The molecule has 0 aliphatic carbocycles. The van der Waals surface area contributed by atoms with E-state index in [0.29, 0.717) is 6.04 Å². The lowest BCUT2D eigenvalue weighted by Crippen LogP contribution is -2.34. The maximum atomic E-state index is 3.54. The zero-order valence-electron chi connectivity index (χ0n) is 15.5. The zero-order chi connectivity index (χ0) is 17.2. The molecular formula is C22H29N3. The van der Waals surface area contributed by atoms with Crippen molar-refractivity contribution in [3.63, 3.8) is 0 Å². The third kappa shape index (κ3) is 3.76. The lowest BCUT2D eigenvalue weighted by Gasteiger charge is -2.28. The number of fused-ring (bicyclic) bond motifs is 1. The molecule has 132 valence electrons. The van der Waals surface area contributed by atoms with Crippen LogP contribution in [0.25, 0.3) is 10.9 Å². The van der Waals surface area contributed by atoms with Gasteiger partial charge in [-0.25, -0.2) is 0 Å². The van der Waals surface area contributed by atoms with Gasteiger partial charge >= 0.3 is 0 Å². The van der Waals surface area contributed by atoms with E-state index >= 15 is 0 Å². The van der Waals surface area contributed by atoms with Crippen LogP contribution >= 0.6 is 0 Å². The largest absolute Gasteiger partial charge is 0.351 e. The minimum absolute atomic E-state index is 0.404. The average Bonchev–Trinajstić information content (AvgIpc) is 3.16. The van der Waals surface area contributed by atoms with Crippen LogP contribution in [0.2, 0.25) is 0 Å². The monoisotopic (exact) mass is 335 g/mol. The summed E-state index contributed by atoms with van der Waals surface area (Å²) >= 11 is 0. The first-order valence-corrected chi connectivity index (χ1v) is 9.68. The van der Waals surface area contributed by atoms with Crippen LogP contribution in [0.1, 0.15) is 31.2 Å². The fourth-order valence-electron chi connectivity index (χ4n) is 4.44. The smallest absolute Gasteiger partial charge is 0.0719 e. The summed E-state index contributed by atoms with van der Waals surface area (Å²) in [5, 5.41) is 1.28. The van der Waals surface area contributed by atoms with Crippen molar-refractivity contribution in [2.75, 3.05) is 33.2 Å². The third-order valence-corrected chi connectivity index (χ3v) is 5.87. The summed E-state index contributed by atoms with van der Waals surface area (Å²) in [5.74, 6) is 7.74. The Morgan fingerprint density at radius 3 is 2.76 bits per heavy atom. The Kier molecular flexibility index (Phi) is 4.83. The number of hydrogen-bond acceptors (Lipinski definition) is 2. The van der Waals surface area contributed by atoms with E-state index in [2.05, 4.69) is 70.8 Å². The van der Waals surface area contributed by atoms with Crippen LogP contribution in [0, 0.1) is 17.8 Å². The molecule has 2 aromatic rings. The predicted molar refractivity (Wildman–Crippen MR) is 105 cm³/mol. The molecule has 0 radical (unpaired) electrons. The van der Waals surface area contributed by atoms with Gasteiger partial charge in [-0.05, 0) is 69.6 Å². The first-order valence-electron chi connectivity index (χ1n) is 9.68. The molecule has 3 nitrogen and oxygen atoms in total. The number of likely N-dealkylation sites (tertiary alicyclic amines) is 2. The summed E-state index contributed by atoms with van der Waals surface area (Å²) < 4.78 is 2.16. The number of aryl methyl sites for hydroxylation is 1. The predicted octanol–water partition coefficient (Wildman–Crippen LogP) is 3.34. The number of benzene rings is 1. The summed E-state index contributed by atoms with van der Waals surface area (Å²) in [6.45, 7) is 5.05. The Labute approximate surface area is 151 Å². The normalized spacial score (nSPS) is 25.2. The van der Waals surface area contributed by atoms with Crippen molar-refractivity contribution in [3.05, 3.63) is 36.0 Å². The molecule has 2 unspecified atom stereocenters. The van der Waals surface area contributed by atoms with Crippen molar-refractivity contribution in [1.82, 2.24) is 14.4 Å². The van der Waals surface area contributed by atoms with Crippen molar-refractivity contribution in [2.45, 2.75) is 31.7 Å². The van der Waals surface area contributed by atoms with E-state index in [1.807, 2.05) is 0 Å². The van der Waals surface area contributed by atoms with Crippen LogP contribution in [-0.4, -0.2) is 53.6 Å². The SMILES string of the molecule is CN1CC(CN2CCCCC2)CC1C#Cc1ccc2c(ccn2C)c1. The highest BCUT2D eigenvalue weighted by Crippen LogP contribution is 2.24. The summed E-state index contributed by atoms with van der Waals surface area (Å²) in [7, 11) is 4.32. The molecule has 2 fully saturated rings. The minimum atomic E-state index is 0.404. The van der Waals surface area contributed by atoms with Crippen LogP contribution in [0.4, 0.5) is 0 Å². The van der Waals surface area contributed by atoms with Crippen LogP contribution in [0.5, 0.6) is 0 Å². The van der Waals surface area contributed by atoms with Gasteiger partial charge in [0.1, 0.15) is 0 Å². The van der Waals surface area contributed by atoms with E-state index in [1.165, 1.54) is 62.8 Å². The molecule has 0 bridgehead atoms. The van der Waals surface area contributed by atoms with Crippen molar-refractivity contribution >= 4 is 10.9 Å². The molecule has 3 heteroatoms. The fraction of sp³-hybridized carbons (Fsp3) is 0.545. The molecule has 2 atom stereocenters. The summed E-state index contributed by atoms with van der Waals surface area (Å²) in [6.07, 6.45) is 7.51. The maximum Gasteiger partial charge on any atom is 0.0719 e. The Morgan fingerprint density at radius 2 is 1.92 bits per heavy atom. The van der Waals surface area contributed by atoms with Crippen LogP contribution in [-0.2, 0) is 7.05 Å². The quantitative estimate of drug-likeness (QED) is 0.780. The maximum absolute atomic E-state index is 3.54. The molecule has 0 saturated carbocycles. The molecule has 1 aromatic heterocycles. The number of hydrogen-bond donors (Lipinski definition) is 0. The molecule has 0 spiro atoms. The molecule has 1 aromatic carbocycles. The van der Waals surface area contributed by atoms with Gasteiger partial charge in [0, 0.05) is 42.8 Å². The Bertz CT molecular complexity index is 788. The van der Waals surface area contributed by atoms with Gasteiger partial charge in [0.15, 0.2) is 0 Å². The molecular weight excluding hydrogens is 306 g/mol. The van der Waals surface area contributed by atoms with Crippen molar-refractivity contribution in [2.24, 2.45) is 13.0 Å². The Hall–Kier alpha value is -1.76. The van der Waals surface area contributed by atoms with Gasteiger partial charge < -0.3 is 9.47 Å². The lowest BCUT2D eigenvalue weighted by molar-refractivity contribution is 0.196. The minimum Gasteiger partial charge on any atom is -0.351 e. The van der Waals surface area contributed by atoms with E-state index < -0.39 is 0 Å². The summed E-state index contributed by atoms with van der Waals surface area (Å²) in [4.78, 5) is 5.11.